The molecule has 1 fully saturated rings. The summed E-state index contributed by atoms with van der Waals surface area (Å²) in [7, 11) is 1.37. The second-order valence-electron chi connectivity index (χ2n) is 4.91. The van der Waals surface area contributed by atoms with Crippen molar-refractivity contribution in [2.45, 2.75) is 19.4 Å². The second kappa shape index (κ2) is 6.82. The van der Waals surface area contributed by atoms with Crippen LogP contribution >= 0.6 is 12.2 Å². The maximum Gasteiger partial charge on any atom is 0.308 e. The summed E-state index contributed by atoms with van der Waals surface area (Å²) >= 11 is 5.09. The molecule has 1 aliphatic heterocycles. The summed E-state index contributed by atoms with van der Waals surface area (Å²) in [5.41, 5.74) is 7.40. The Morgan fingerprint density at radius 2 is 2.38 bits per heavy atom. The minimum absolute atomic E-state index is 0.215. The van der Waals surface area contributed by atoms with Gasteiger partial charge in [0.15, 0.2) is 0 Å². The van der Waals surface area contributed by atoms with Gasteiger partial charge < -0.3 is 20.1 Å². The number of aryl methyl sites for hydroxylation is 1. The van der Waals surface area contributed by atoms with Gasteiger partial charge in [0.05, 0.1) is 31.8 Å². The van der Waals surface area contributed by atoms with Crippen LogP contribution in [0.5, 0.6) is 0 Å². The molecule has 0 bridgehead atoms. The van der Waals surface area contributed by atoms with E-state index in [0.29, 0.717) is 24.7 Å². The third kappa shape index (κ3) is 3.89. The number of aromatic nitrogens is 1. The van der Waals surface area contributed by atoms with Crippen LogP contribution in [0.4, 0.5) is 5.82 Å². The van der Waals surface area contributed by atoms with Gasteiger partial charge >= 0.3 is 5.97 Å². The minimum atomic E-state index is -0.284. The highest BCUT2D eigenvalue weighted by Gasteiger charge is 2.26. The number of thiocarbonyl (C=S) groups is 1. The van der Waals surface area contributed by atoms with Crippen molar-refractivity contribution in [3.8, 4) is 0 Å². The molecule has 1 aromatic rings. The van der Waals surface area contributed by atoms with Gasteiger partial charge in [-0.2, -0.15) is 0 Å². The topological polar surface area (TPSA) is 77.7 Å². The fraction of sp³-hybridized carbons (Fsp3) is 0.500. The SMILES string of the molecule is COC(=O)CC1CN(c2nc(C)ccc2C(N)=S)CCO1. The first-order valence-corrected chi connectivity index (χ1v) is 7.13. The molecule has 2 rings (SSSR count). The molecule has 1 aromatic heterocycles. The van der Waals surface area contributed by atoms with E-state index < -0.39 is 0 Å². The normalized spacial score (nSPS) is 18.4. The Bertz CT molecular complexity index is 550. The van der Waals surface area contributed by atoms with Crippen molar-refractivity contribution in [3.63, 3.8) is 0 Å². The quantitative estimate of drug-likeness (QED) is 0.651. The summed E-state index contributed by atoms with van der Waals surface area (Å²) in [6.07, 6.45) is 0.00835. The van der Waals surface area contributed by atoms with E-state index in [9.17, 15) is 4.79 Å². The number of hydrogen-bond acceptors (Lipinski definition) is 6. The van der Waals surface area contributed by atoms with Crippen LogP contribution in [0.2, 0.25) is 0 Å². The first-order valence-electron chi connectivity index (χ1n) is 6.72. The van der Waals surface area contributed by atoms with Crippen LogP contribution in [-0.2, 0) is 14.3 Å². The summed E-state index contributed by atoms with van der Waals surface area (Å²) in [5, 5.41) is 0. The molecule has 1 atom stereocenters. The van der Waals surface area contributed by atoms with E-state index in [-0.39, 0.29) is 18.5 Å². The number of carbonyl (C=O) groups excluding carboxylic acids is 1. The molecule has 0 aliphatic carbocycles. The fourth-order valence-corrected chi connectivity index (χ4v) is 2.44. The highest BCUT2D eigenvalue weighted by molar-refractivity contribution is 7.80. The summed E-state index contributed by atoms with van der Waals surface area (Å²) in [6.45, 7) is 3.68. The van der Waals surface area contributed by atoms with E-state index >= 15 is 0 Å². The number of methoxy groups -OCH3 is 1. The Labute approximate surface area is 129 Å². The Kier molecular flexibility index (Phi) is 5.08. The lowest BCUT2D eigenvalue weighted by molar-refractivity contribution is -0.144. The van der Waals surface area contributed by atoms with Gasteiger partial charge in [0, 0.05) is 18.8 Å². The third-order valence-corrected chi connectivity index (χ3v) is 3.56. The molecule has 1 aliphatic rings. The standard InChI is InChI=1S/C14H19N3O3S/c1-9-3-4-11(13(15)21)14(16-9)17-5-6-20-10(8-17)7-12(18)19-2/h3-4,10H,5-8H2,1-2H3,(H2,15,21). The maximum atomic E-state index is 11.4. The number of ether oxygens (including phenoxy) is 2. The second-order valence-corrected chi connectivity index (χ2v) is 5.35. The first kappa shape index (κ1) is 15.7. The van der Waals surface area contributed by atoms with Gasteiger partial charge in [-0.15, -0.1) is 0 Å². The number of nitrogens with zero attached hydrogens (tertiary/aromatic N) is 2. The number of esters is 1. The smallest absolute Gasteiger partial charge is 0.308 e. The Morgan fingerprint density at radius 3 is 3.05 bits per heavy atom. The summed E-state index contributed by atoms with van der Waals surface area (Å²) in [5.74, 6) is 0.467. The van der Waals surface area contributed by atoms with Crippen molar-refractivity contribution >= 4 is 29.0 Å². The number of carbonyl (C=O) groups is 1. The molecule has 6 nitrogen and oxygen atoms in total. The van der Waals surface area contributed by atoms with Crippen LogP contribution in [0.25, 0.3) is 0 Å². The van der Waals surface area contributed by atoms with Crippen LogP contribution in [0.3, 0.4) is 0 Å². The number of rotatable bonds is 4. The highest BCUT2D eigenvalue weighted by atomic mass is 32.1. The van der Waals surface area contributed by atoms with E-state index in [1.165, 1.54) is 7.11 Å². The van der Waals surface area contributed by atoms with Gasteiger partial charge in [-0.1, -0.05) is 12.2 Å². The van der Waals surface area contributed by atoms with Crippen LogP contribution < -0.4 is 10.6 Å². The van der Waals surface area contributed by atoms with E-state index in [0.717, 1.165) is 17.1 Å². The largest absolute Gasteiger partial charge is 0.469 e. The van der Waals surface area contributed by atoms with E-state index in [2.05, 4.69) is 14.6 Å². The van der Waals surface area contributed by atoms with Gasteiger partial charge in [-0.05, 0) is 19.1 Å². The van der Waals surface area contributed by atoms with Gasteiger partial charge in [-0.25, -0.2) is 4.98 Å². The fourth-order valence-electron chi connectivity index (χ4n) is 2.28. The van der Waals surface area contributed by atoms with Gasteiger partial charge in [-0.3, -0.25) is 4.79 Å². The van der Waals surface area contributed by atoms with Crippen molar-refractivity contribution in [2.75, 3.05) is 31.7 Å². The maximum absolute atomic E-state index is 11.4. The Hall–Kier alpha value is -1.73. The van der Waals surface area contributed by atoms with E-state index in [1.54, 1.807) is 0 Å². The van der Waals surface area contributed by atoms with Gasteiger partial charge in [0.1, 0.15) is 10.8 Å². The predicted molar refractivity (Wildman–Crippen MR) is 83.4 cm³/mol. The molecular weight excluding hydrogens is 290 g/mol. The average Bonchev–Trinajstić information content (AvgIpc) is 2.47. The molecular formula is C14H19N3O3S. The molecule has 0 amide bonds. The Balaban J connectivity index is 2.19. The average molecular weight is 309 g/mol. The highest BCUT2D eigenvalue weighted by Crippen LogP contribution is 2.22. The molecule has 2 heterocycles. The molecule has 1 saturated heterocycles. The van der Waals surface area contributed by atoms with Crippen molar-refractivity contribution in [1.29, 1.82) is 0 Å². The van der Waals surface area contributed by atoms with Crippen LogP contribution in [0.1, 0.15) is 17.7 Å². The molecule has 1 unspecified atom stereocenters. The van der Waals surface area contributed by atoms with Crippen LogP contribution in [0, 0.1) is 6.92 Å². The first-order chi connectivity index (χ1) is 10.0. The molecule has 7 heteroatoms. The van der Waals surface area contributed by atoms with Gasteiger partial charge in [0.2, 0.25) is 0 Å². The van der Waals surface area contributed by atoms with E-state index in [4.69, 9.17) is 22.7 Å². The predicted octanol–water partition coefficient (Wildman–Crippen LogP) is 0.793. The summed E-state index contributed by atoms with van der Waals surface area (Å²) in [4.78, 5) is 18.3. The number of hydrogen-bond donors (Lipinski definition) is 1. The zero-order chi connectivity index (χ0) is 15.4. The van der Waals surface area contributed by atoms with Crippen LogP contribution in [0.15, 0.2) is 12.1 Å². The minimum Gasteiger partial charge on any atom is -0.469 e. The third-order valence-electron chi connectivity index (χ3n) is 3.34. The number of nitrogens with two attached hydrogens (primary N) is 1. The zero-order valence-corrected chi connectivity index (χ0v) is 13.0. The molecule has 21 heavy (non-hydrogen) atoms. The molecule has 0 spiro atoms. The molecule has 0 aromatic carbocycles. The van der Waals surface area contributed by atoms with Crippen LogP contribution in [-0.4, -0.2) is 48.9 Å². The zero-order valence-electron chi connectivity index (χ0n) is 12.2. The summed E-state index contributed by atoms with van der Waals surface area (Å²) < 4.78 is 10.3. The van der Waals surface area contributed by atoms with Crippen molar-refractivity contribution in [2.24, 2.45) is 5.73 Å². The monoisotopic (exact) mass is 309 g/mol. The van der Waals surface area contributed by atoms with Gasteiger partial charge in [0.25, 0.3) is 0 Å². The molecule has 0 radical (unpaired) electrons. The van der Waals surface area contributed by atoms with E-state index in [1.807, 2.05) is 19.1 Å². The van der Waals surface area contributed by atoms with Crippen molar-refractivity contribution in [3.05, 3.63) is 23.4 Å². The number of anilines is 1. The number of pyridine rings is 1. The molecule has 0 saturated carbocycles. The van der Waals surface area contributed by atoms with Crippen molar-refractivity contribution < 1.29 is 14.3 Å². The lowest BCUT2D eigenvalue weighted by Gasteiger charge is -2.34. The Morgan fingerprint density at radius 1 is 1.62 bits per heavy atom. The lowest BCUT2D eigenvalue weighted by atomic mass is 10.1. The van der Waals surface area contributed by atoms with Crippen molar-refractivity contribution in [1.82, 2.24) is 4.98 Å². The molecule has 114 valence electrons. The molecule has 2 N–H and O–H groups in total. The summed E-state index contributed by atoms with van der Waals surface area (Å²) in [6, 6.07) is 3.76. The lowest BCUT2D eigenvalue weighted by Crippen LogP contribution is -2.44. The number of morpholine rings is 1.